The summed E-state index contributed by atoms with van der Waals surface area (Å²) >= 11 is 0. The predicted molar refractivity (Wildman–Crippen MR) is 44.7 cm³/mol. The number of nitrogens with zero attached hydrogens (tertiary/aromatic N) is 2. The summed E-state index contributed by atoms with van der Waals surface area (Å²) in [5, 5.41) is 18.2. The van der Waals surface area contributed by atoms with E-state index in [1.165, 1.54) is 12.2 Å². The molecule has 0 fully saturated rings. The third kappa shape index (κ3) is 1.71. The van der Waals surface area contributed by atoms with Crippen molar-refractivity contribution in [3.8, 4) is 12.1 Å². The maximum Gasteiger partial charge on any atom is 0.0918 e. The molecule has 0 bridgehead atoms. The van der Waals surface area contributed by atoms with Gasteiger partial charge in [-0.15, -0.1) is 0 Å². The molecule has 2 heteroatoms. The van der Waals surface area contributed by atoms with Crippen molar-refractivity contribution < 1.29 is 0 Å². The van der Waals surface area contributed by atoms with Crippen LogP contribution in [0.2, 0.25) is 0 Å². The maximum absolute atomic E-state index is 8.40. The molecular formula is C10H5N2. The molecule has 1 radical (unpaired) electrons. The Hall–Kier alpha value is -2.06. The summed E-state index contributed by atoms with van der Waals surface area (Å²) in [7, 11) is 0. The summed E-state index contributed by atoms with van der Waals surface area (Å²) in [6.45, 7) is 0. The van der Waals surface area contributed by atoms with Gasteiger partial charge >= 0.3 is 0 Å². The van der Waals surface area contributed by atoms with Crippen LogP contribution in [0, 0.1) is 28.7 Å². The van der Waals surface area contributed by atoms with E-state index in [-0.39, 0.29) is 0 Å². The summed E-state index contributed by atoms with van der Waals surface area (Å²) in [5.74, 6) is 0. The van der Waals surface area contributed by atoms with E-state index in [0.717, 1.165) is 5.22 Å². The Morgan fingerprint density at radius 1 is 1.25 bits per heavy atom. The molecule has 1 aromatic carbocycles. The number of benzene rings is 1. The minimum Gasteiger partial charge on any atom is -0.193 e. The van der Waals surface area contributed by atoms with Crippen molar-refractivity contribution >= 4 is 12.2 Å². The quantitative estimate of drug-likeness (QED) is 0.530. The van der Waals surface area contributed by atoms with Crippen LogP contribution in [0.3, 0.4) is 0 Å². The highest BCUT2D eigenvalue weighted by atomic mass is 14.2. The Bertz CT molecular complexity index is 413. The summed E-state index contributed by atoms with van der Waals surface area (Å²) in [6, 6.07) is 11.9. The van der Waals surface area contributed by atoms with Crippen molar-refractivity contribution in [1.29, 1.82) is 10.5 Å². The van der Waals surface area contributed by atoms with Crippen LogP contribution in [0.15, 0.2) is 18.2 Å². The Balaban J connectivity index is 3.54. The highest BCUT2D eigenvalue weighted by molar-refractivity contribution is 5.45. The Labute approximate surface area is 70.3 Å². The van der Waals surface area contributed by atoms with E-state index in [2.05, 4.69) is 6.07 Å². The van der Waals surface area contributed by atoms with Crippen LogP contribution < -0.4 is 10.4 Å². The Morgan fingerprint density at radius 3 is 2.67 bits per heavy atom. The molecule has 55 valence electrons. The van der Waals surface area contributed by atoms with Gasteiger partial charge in [0.15, 0.2) is 0 Å². The molecule has 0 spiro atoms. The zero-order valence-electron chi connectivity index (χ0n) is 6.28. The van der Waals surface area contributed by atoms with Crippen molar-refractivity contribution in [3.05, 3.63) is 34.7 Å². The molecule has 1 aromatic rings. The first-order valence-electron chi connectivity index (χ1n) is 3.35. The largest absolute Gasteiger partial charge is 0.193 e. The highest BCUT2D eigenvalue weighted by Crippen LogP contribution is 1.70. The molecule has 0 heterocycles. The van der Waals surface area contributed by atoms with Gasteiger partial charge in [0.25, 0.3) is 0 Å². The van der Waals surface area contributed by atoms with Crippen LogP contribution in [0.25, 0.3) is 12.2 Å². The SMILES string of the molecule is N#CC=c1[c]cccc1=CC#N. The fourth-order valence-corrected chi connectivity index (χ4v) is 0.848. The third-order valence-corrected chi connectivity index (χ3v) is 1.35. The van der Waals surface area contributed by atoms with E-state index < -0.39 is 0 Å². The fraction of sp³-hybridized carbons (Fsp3) is 0. The summed E-state index contributed by atoms with van der Waals surface area (Å²) < 4.78 is 0. The lowest BCUT2D eigenvalue weighted by Gasteiger charge is -1.82. The van der Waals surface area contributed by atoms with E-state index in [0.29, 0.717) is 5.22 Å². The average molecular weight is 153 g/mol. The lowest BCUT2D eigenvalue weighted by Crippen LogP contribution is -2.23. The summed E-state index contributed by atoms with van der Waals surface area (Å²) in [5.41, 5.74) is 0. The van der Waals surface area contributed by atoms with E-state index in [4.69, 9.17) is 10.5 Å². The lowest BCUT2D eigenvalue weighted by molar-refractivity contribution is 1.48. The Morgan fingerprint density at radius 2 is 2.00 bits per heavy atom. The molecule has 2 nitrogen and oxygen atoms in total. The minimum absolute atomic E-state index is 0.654. The van der Waals surface area contributed by atoms with Crippen molar-refractivity contribution in [1.82, 2.24) is 0 Å². The minimum atomic E-state index is 0.654. The van der Waals surface area contributed by atoms with E-state index in [1.54, 1.807) is 18.2 Å². The first-order chi connectivity index (χ1) is 5.88. The van der Waals surface area contributed by atoms with Crippen LogP contribution in [0.4, 0.5) is 0 Å². The molecule has 0 atom stereocenters. The molecule has 0 saturated carbocycles. The molecule has 0 amide bonds. The first kappa shape index (κ1) is 8.04. The fourth-order valence-electron chi connectivity index (χ4n) is 0.848. The Kier molecular flexibility index (Phi) is 2.65. The van der Waals surface area contributed by atoms with Gasteiger partial charge in [-0.2, -0.15) is 10.5 Å². The standard InChI is InChI=1S/C10H5N2/c11-7-5-9-3-1-2-4-10(9)6-8-12/h1-3,5-6H. The summed E-state index contributed by atoms with van der Waals surface area (Å²) in [4.78, 5) is 0. The molecule has 0 aliphatic heterocycles. The number of hydrogen-bond donors (Lipinski definition) is 0. The highest BCUT2D eigenvalue weighted by Gasteiger charge is 1.81. The van der Waals surface area contributed by atoms with Gasteiger partial charge in [0, 0.05) is 17.4 Å². The van der Waals surface area contributed by atoms with Gasteiger partial charge in [-0.05, 0) is 11.3 Å². The van der Waals surface area contributed by atoms with Crippen LogP contribution in [0.5, 0.6) is 0 Å². The second-order valence-electron chi connectivity index (χ2n) is 2.09. The van der Waals surface area contributed by atoms with Crippen LogP contribution in [0.1, 0.15) is 0 Å². The van der Waals surface area contributed by atoms with Gasteiger partial charge in [-0.1, -0.05) is 18.2 Å². The second-order valence-corrected chi connectivity index (χ2v) is 2.09. The monoisotopic (exact) mass is 153 g/mol. The smallest absolute Gasteiger partial charge is 0.0918 e. The van der Waals surface area contributed by atoms with Crippen LogP contribution >= 0.6 is 0 Å². The maximum atomic E-state index is 8.40. The normalized spacial score (nSPS) is 12.2. The zero-order valence-corrected chi connectivity index (χ0v) is 6.28. The molecular weight excluding hydrogens is 148 g/mol. The van der Waals surface area contributed by atoms with Crippen molar-refractivity contribution in [2.75, 3.05) is 0 Å². The lowest BCUT2D eigenvalue weighted by atomic mass is 10.2. The van der Waals surface area contributed by atoms with E-state index >= 15 is 0 Å². The number of rotatable bonds is 0. The van der Waals surface area contributed by atoms with Crippen LogP contribution in [-0.4, -0.2) is 0 Å². The molecule has 0 N–H and O–H groups in total. The topological polar surface area (TPSA) is 47.6 Å². The van der Waals surface area contributed by atoms with E-state index in [9.17, 15) is 0 Å². The van der Waals surface area contributed by atoms with Gasteiger partial charge in [0.05, 0.1) is 12.1 Å². The zero-order chi connectivity index (χ0) is 8.81. The average Bonchev–Trinajstić information content (AvgIpc) is 2.09. The molecule has 0 unspecified atom stereocenters. The van der Waals surface area contributed by atoms with Crippen molar-refractivity contribution in [3.63, 3.8) is 0 Å². The number of nitriles is 2. The van der Waals surface area contributed by atoms with Gasteiger partial charge in [0.1, 0.15) is 0 Å². The molecule has 12 heavy (non-hydrogen) atoms. The molecule has 0 saturated heterocycles. The first-order valence-corrected chi connectivity index (χ1v) is 3.35. The van der Waals surface area contributed by atoms with E-state index in [1.807, 2.05) is 12.1 Å². The van der Waals surface area contributed by atoms with Crippen molar-refractivity contribution in [2.45, 2.75) is 0 Å². The molecule has 0 aliphatic rings. The molecule has 0 aliphatic carbocycles. The predicted octanol–water partition coefficient (Wildman–Crippen LogP) is 0.0950. The summed E-state index contributed by atoms with van der Waals surface area (Å²) in [6.07, 6.45) is 2.75. The van der Waals surface area contributed by atoms with Crippen LogP contribution in [-0.2, 0) is 0 Å². The third-order valence-electron chi connectivity index (χ3n) is 1.35. The van der Waals surface area contributed by atoms with Gasteiger partial charge in [-0.3, -0.25) is 0 Å². The van der Waals surface area contributed by atoms with Gasteiger partial charge in [-0.25, -0.2) is 0 Å². The van der Waals surface area contributed by atoms with Gasteiger partial charge < -0.3 is 0 Å². The second kappa shape index (κ2) is 3.95. The molecule has 0 aromatic heterocycles. The van der Waals surface area contributed by atoms with Crippen molar-refractivity contribution in [2.24, 2.45) is 0 Å². The number of hydrogen-bond acceptors (Lipinski definition) is 2. The van der Waals surface area contributed by atoms with Gasteiger partial charge in [0.2, 0.25) is 0 Å². The molecule has 1 rings (SSSR count).